The first kappa shape index (κ1) is 13.2. The normalized spacial score (nSPS) is 29.0. The molecule has 0 aromatic rings. The Balaban J connectivity index is 1.55. The summed E-state index contributed by atoms with van der Waals surface area (Å²) in [4.78, 5) is 11.7. The minimum Gasteiger partial charge on any atom is -0.352 e. The number of amides is 1. The third-order valence-electron chi connectivity index (χ3n) is 3.66. The largest absolute Gasteiger partial charge is 0.352 e. The Morgan fingerprint density at radius 2 is 2.18 bits per heavy atom. The van der Waals surface area contributed by atoms with E-state index in [9.17, 15) is 4.79 Å². The van der Waals surface area contributed by atoms with Crippen LogP contribution in [0.25, 0.3) is 0 Å². The van der Waals surface area contributed by atoms with E-state index in [0.717, 1.165) is 19.0 Å². The van der Waals surface area contributed by atoms with Gasteiger partial charge in [0.15, 0.2) is 0 Å². The van der Waals surface area contributed by atoms with Crippen molar-refractivity contribution < 1.29 is 4.79 Å². The van der Waals surface area contributed by atoms with Crippen molar-refractivity contribution in [2.45, 2.75) is 50.3 Å². The van der Waals surface area contributed by atoms with Crippen molar-refractivity contribution in [1.82, 2.24) is 10.6 Å². The van der Waals surface area contributed by atoms with Crippen LogP contribution < -0.4 is 10.6 Å². The molecule has 2 unspecified atom stereocenters. The number of hydrogen-bond donors (Lipinski definition) is 2. The molecule has 1 saturated heterocycles. The fraction of sp³-hybridized carbons (Fsp3) is 0.923. The van der Waals surface area contributed by atoms with Crippen molar-refractivity contribution in [1.29, 1.82) is 0 Å². The Hall–Kier alpha value is -0.220. The molecule has 0 spiro atoms. The molecule has 1 aliphatic carbocycles. The summed E-state index contributed by atoms with van der Waals surface area (Å²) in [5.41, 5.74) is 0. The molecule has 1 amide bonds. The van der Waals surface area contributed by atoms with Gasteiger partial charge in [0, 0.05) is 11.3 Å². The molecule has 2 aliphatic rings. The summed E-state index contributed by atoms with van der Waals surface area (Å²) in [6, 6.07) is 0.496. The van der Waals surface area contributed by atoms with Gasteiger partial charge in [-0.15, -0.1) is 11.8 Å². The van der Waals surface area contributed by atoms with Gasteiger partial charge >= 0.3 is 0 Å². The molecule has 98 valence electrons. The van der Waals surface area contributed by atoms with Gasteiger partial charge in [-0.05, 0) is 44.7 Å². The lowest BCUT2D eigenvalue weighted by atomic mass is 10.2. The minimum absolute atomic E-state index is 0.247. The highest BCUT2D eigenvalue weighted by Crippen LogP contribution is 2.34. The zero-order valence-corrected chi connectivity index (χ0v) is 11.5. The van der Waals surface area contributed by atoms with Crippen LogP contribution in [0.4, 0.5) is 0 Å². The van der Waals surface area contributed by atoms with Gasteiger partial charge in [0.1, 0.15) is 0 Å². The molecule has 2 atom stereocenters. The molecule has 0 aromatic carbocycles. The van der Waals surface area contributed by atoms with E-state index in [1.165, 1.54) is 32.1 Å². The van der Waals surface area contributed by atoms with Crippen LogP contribution >= 0.6 is 11.8 Å². The summed E-state index contributed by atoms with van der Waals surface area (Å²) in [7, 11) is 0. The summed E-state index contributed by atoms with van der Waals surface area (Å²) in [6.07, 6.45) is 6.13. The standard InChI is InChI=1S/C13H24N2OS/c1-2-3-10-8-12(10)15-13(16)9-17-11-4-6-14-7-5-11/h10-12,14H,2-9H2,1H3,(H,15,16). The molecule has 2 fully saturated rings. The van der Waals surface area contributed by atoms with Crippen LogP contribution in [0.1, 0.15) is 39.0 Å². The first-order valence-electron chi connectivity index (χ1n) is 6.91. The summed E-state index contributed by atoms with van der Waals surface area (Å²) in [5.74, 6) is 1.67. The van der Waals surface area contributed by atoms with Crippen LogP contribution in [-0.2, 0) is 4.79 Å². The SMILES string of the molecule is CCCC1CC1NC(=O)CSC1CCNCC1. The van der Waals surface area contributed by atoms with Gasteiger partial charge in [-0.2, -0.15) is 0 Å². The predicted octanol–water partition coefficient (Wildman–Crippen LogP) is 1.78. The summed E-state index contributed by atoms with van der Waals surface area (Å²) in [5, 5.41) is 7.19. The topological polar surface area (TPSA) is 41.1 Å². The second kappa shape index (κ2) is 6.64. The zero-order valence-electron chi connectivity index (χ0n) is 10.7. The van der Waals surface area contributed by atoms with Crippen molar-refractivity contribution in [3.8, 4) is 0 Å². The van der Waals surface area contributed by atoms with Crippen molar-refractivity contribution in [2.75, 3.05) is 18.8 Å². The molecular weight excluding hydrogens is 232 g/mol. The van der Waals surface area contributed by atoms with E-state index in [1.807, 2.05) is 11.8 Å². The first-order valence-corrected chi connectivity index (χ1v) is 7.96. The number of carbonyl (C=O) groups excluding carboxylic acids is 1. The van der Waals surface area contributed by atoms with Crippen LogP contribution in [0.2, 0.25) is 0 Å². The van der Waals surface area contributed by atoms with Gasteiger partial charge in [-0.25, -0.2) is 0 Å². The van der Waals surface area contributed by atoms with E-state index in [1.54, 1.807) is 0 Å². The lowest BCUT2D eigenvalue weighted by Gasteiger charge is -2.21. The van der Waals surface area contributed by atoms with Crippen LogP contribution in [0.15, 0.2) is 0 Å². The van der Waals surface area contributed by atoms with E-state index in [2.05, 4.69) is 17.6 Å². The second-order valence-corrected chi connectivity index (χ2v) is 6.51. The van der Waals surface area contributed by atoms with Gasteiger partial charge in [0.25, 0.3) is 0 Å². The monoisotopic (exact) mass is 256 g/mol. The van der Waals surface area contributed by atoms with Crippen LogP contribution in [0.5, 0.6) is 0 Å². The Bertz CT molecular complexity index is 254. The highest BCUT2D eigenvalue weighted by molar-refractivity contribution is 8.00. The summed E-state index contributed by atoms with van der Waals surface area (Å²) in [6.45, 7) is 4.44. The van der Waals surface area contributed by atoms with Crippen molar-refractivity contribution in [2.24, 2.45) is 5.92 Å². The van der Waals surface area contributed by atoms with E-state index < -0.39 is 0 Å². The fourth-order valence-electron chi connectivity index (χ4n) is 2.52. The highest BCUT2D eigenvalue weighted by Gasteiger charge is 2.36. The Kier molecular flexibility index (Phi) is 5.16. The molecule has 4 heteroatoms. The number of nitrogens with one attached hydrogen (secondary N) is 2. The molecular formula is C13H24N2OS. The molecule has 2 N–H and O–H groups in total. The molecule has 0 bridgehead atoms. The van der Waals surface area contributed by atoms with Crippen molar-refractivity contribution in [3.63, 3.8) is 0 Å². The quantitative estimate of drug-likeness (QED) is 0.761. The van der Waals surface area contributed by atoms with Gasteiger partial charge < -0.3 is 10.6 Å². The van der Waals surface area contributed by atoms with E-state index in [-0.39, 0.29) is 5.91 Å². The Morgan fingerprint density at radius 3 is 2.88 bits per heavy atom. The molecule has 3 nitrogen and oxygen atoms in total. The maximum absolute atomic E-state index is 11.7. The van der Waals surface area contributed by atoms with E-state index in [0.29, 0.717) is 17.0 Å². The van der Waals surface area contributed by atoms with Crippen molar-refractivity contribution >= 4 is 17.7 Å². The fourth-order valence-corrected chi connectivity index (χ4v) is 3.56. The van der Waals surface area contributed by atoms with Crippen LogP contribution in [0.3, 0.4) is 0 Å². The third kappa shape index (κ3) is 4.51. The Morgan fingerprint density at radius 1 is 1.41 bits per heavy atom. The molecule has 2 rings (SSSR count). The summed E-state index contributed by atoms with van der Waals surface area (Å²) < 4.78 is 0. The number of carbonyl (C=O) groups is 1. The average molecular weight is 256 g/mol. The van der Waals surface area contributed by atoms with E-state index >= 15 is 0 Å². The predicted molar refractivity (Wildman–Crippen MR) is 73.3 cm³/mol. The minimum atomic E-state index is 0.247. The van der Waals surface area contributed by atoms with Crippen LogP contribution in [0, 0.1) is 5.92 Å². The summed E-state index contributed by atoms with van der Waals surface area (Å²) >= 11 is 1.84. The average Bonchev–Trinajstić information content (AvgIpc) is 3.06. The number of thioether (sulfide) groups is 1. The van der Waals surface area contributed by atoms with Gasteiger partial charge in [-0.1, -0.05) is 13.3 Å². The third-order valence-corrected chi connectivity index (χ3v) is 5.04. The maximum atomic E-state index is 11.7. The molecule has 1 saturated carbocycles. The smallest absolute Gasteiger partial charge is 0.230 e. The van der Waals surface area contributed by atoms with Gasteiger partial charge in [0.05, 0.1) is 5.75 Å². The maximum Gasteiger partial charge on any atom is 0.230 e. The highest BCUT2D eigenvalue weighted by atomic mass is 32.2. The number of rotatable bonds is 6. The number of hydrogen-bond acceptors (Lipinski definition) is 3. The van der Waals surface area contributed by atoms with Crippen molar-refractivity contribution in [3.05, 3.63) is 0 Å². The van der Waals surface area contributed by atoms with E-state index in [4.69, 9.17) is 0 Å². The molecule has 0 radical (unpaired) electrons. The zero-order chi connectivity index (χ0) is 12.1. The first-order chi connectivity index (χ1) is 8.29. The molecule has 0 aromatic heterocycles. The molecule has 1 heterocycles. The molecule has 17 heavy (non-hydrogen) atoms. The lowest BCUT2D eigenvalue weighted by molar-refractivity contribution is -0.118. The van der Waals surface area contributed by atoms with Gasteiger partial charge in [-0.3, -0.25) is 4.79 Å². The Labute approximate surface area is 108 Å². The van der Waals surface area contributed by atoms with Crippen LogP contribution in [-0.4, -0.2) is 36.0 Å². The molecule has 1 aliphatic heterocycles. The van der Waals surface area contributed by atoms with Gasteiger partial charge in [0.2, 0.25) is 5.91 Å². The second-order valence-electron chi connectivity index (χ2n) is 5.22. The lowest BCUT2D eigenvalue weighted by Crippen LogP contribution is -2.32. The number of piperidine rings is 1.